The zero-order chi connectivity index (χ0) is 21.2. The summed E-state index contributed by atoms with van der Waals surface area (Å²) < 4.78 is 72.1. The van der Waals surface area contributed by atoms with E-state index in [9.17, 15) is 26.7 Å². The number of anilines is 1. The second kappa shape index (κ2) is 7.86. The molecule has 0 bridgehead atoms. The van der Waals surface area contributed by atoms with Crippen molar-refractivity contribution in [3.8, 4) is 11.5 Å². The van der Waals surface area contributed by atoms with Gasteiger partial charge in [0.05, 0.1) is 6.20 Å². The predicted molar refractivity (Wildman–Crippen MR) is 94.8 cm³/mol. The van der Waals surface area contributed by atoms with Gasteiger partial charge < -0.3 is 10.1 Å². The number of hydrogen-bond acceptors (Lipinski definition) is 3. The Morgan fingerprint density at radius 3 is 2.38 bits per heavy atom. The van der Waals surface area contributed by atoms with Crippen molar-refractivity contribution in [3.05, 3.63) is 83.2 Å². The molecule has 4 nitrogen and oxygen atoms in total. The molecule has 0 aliphatic heterocycles. The van der Waals surface area contributed by atoms with E-state index in [4.69, 9.17) is 4.74 Å². The van der Waals surface area contributed by atoms with Crippen molar-refractivity contribution >= 4 is 11.6 Å². The number of benzene rings is 2. The lowest BCUT2D eigenvalue weighted by Crippen LogP contribution is -2.16. The van der Waals surface area contributed by atoms with Gasteiger partial charge in [-0.2, -0.15) is 13.2 Å². The molecule has 0 radical (unpaired) electrons. The van der Waals surface area contributed by atoms with E-state index in [-0.39, 0.29) is 17.0 Å². The zero-order valence-corrected chi connectivity index (χ0v) is 14.8. The van der Waals surface area contributed by atoms with E-state index in [1.54, 1.807) is 0 Å². The maximum atomic E-state index is 14.0. The highest BCUT2D eigenvalue weighted by Crippen LogP contribution is 2.37. The van der Waals surface area contributed by atoms with Crippen LogP contribution in [-0.4, -0.2) is 10.9 Å². The van der Waals surface area contributed by atoms with Gasteiger partial charge in [0.15, 0.2) is 5.75 Å². The van der Waals surface area contributed by atoms with Crippen LogP contribution in [0.4, 0.5) is 27.6 Å². The first-order valence-electron chi connectivity index (χ1n) is 8.22. The molecular weight excluding hydrogens is 395 g/mol. The van der Waals surface area contributed by atoms with Crippen LogP contribution < -0.4 is 10.1 Å². The summed E-state index contributed by atoms with van der Waals surface area (Å²) in [4.78, 5) is 15.8. The Labute approximate surface area is 162 Å². The molecule has 0 saturated heterocycles. The summed E-state index contributed by atoms with van der Waals surface area (Å²) in [6, 6.07) is 8.22. The average molecular weight is 408 g/mol. The number of amides is 1. The topological polar surface area (TPSA) is 51.2 Å². The molecule has 0 unspecified atom stereocenters. The zero-order valence-electron chi connectivity index (χ0n) is 14.8. The van der Waals surface area contributed by atoms with E-state index in [0.717, 1.165) is 24.5 Å². The number of pyridine rings is 1. The van der Waals surface area contributed by atoms with Gasteiger partial charge in [0.2, 0.25) is 0 Å². The molecule has 1 amide bonds. The van der Waals surface area contributed by atoms with E-state index < -0.39 is 40.6 Å². The molecule has 0 spiro atoms. The fourth-order valence-electron chi connectivity index (χ4n) is 2.49. The fourth-order valence-corrected chi connectivity index (χ4v) is 2.49. The largest absolute Gasteiger partial charge is 0.455 e. The summed E-state index contributed by atoms with van der Waals surface area (Å²) in [6.45, 7) is 1.39. The third kappa shape index (κ3) is 4.50. The van der Waals surface area contributed by atoms with E-state index >= 15 is 0 Å². The van der Waals surface area contributed by atoms with Crippen LogP contribution in [0.15, 0.2) is 54.9 Å². The molecule has 0 aliphatic carbocycles. The Balaban J connectivity index is 1.77. The van der Waals surface area contributed by atoms with Crippen LogP contribution in [0, 0.1) is 18.6 Å². The molecule has 29 heavy (non-hydrogen) atoms. The van der Waals surface area contributed by atoms with E-state index in [1.807, 2.05) is 0 Å². The molecule has 0 atom stereocenters. The van der Waals surface area contributed by atoms with Gasteiger partial charge in [-0.15, -0.1) is 0 Å². The summed E-state index contributed by atoms with van der Waals surface area (Å²) in [5.74, 6) is -3.42. The van der Waals surface area contributed by atoms with E-state index in [2.05, 4.69) is 10.3 Å². The molecule has 1 aromatic heterocycles. The van der Waals surface area contributed by atoms with Gasteiger partial charge in [0.1, 0.15) is 28.5 Å². The van der Waals surface area contributed by atoms with Crippen LogP contribution in [0.3, 0.4) is 0 Å². The minimum atomic E-state index is -4.62. The van der Waals surface area contributed by atoms with Gasteiger partial charge in [-0.25, -0.2) is 8.78 Å². The molecule has 0 aliphatic rings. The van der Waals surface area contributed by atoms with Gasteiger partial charge in [0.25, 0.3) is 5.91 Å². The Morgan fingerprint density at radius 1 is 1.03 bits per heavy atom. The van der Waals surface area contributed by atoms with Crippen molar-refractivity contribution in [1.82, 2.24) is 4.98 Å². The smallest absolute Gasteiger partial charge is 0.420 e. The summed E-state index contributed by atoms with van der Waals surface area (Å²) in [5.41, 5.74) is -1.44. The van der Waals surface area contributed by atoms with Crippen molar-refractivity contribution in [2.24, 2.45) is 0 Å². The van der Waals surface area contributed by atoms with Crippen LogP contribution in [0.1, 0.15) is 21.5 Å². The number of alkyl halides is 3. The van der Waals surface area contributed by atoms with Crippen LogP contribution in [-0.2, 0) is 6.18 Å². The molecule has 0 saturated carbocycles. The monoisotopic (exact) mass is 408 g/mol. The standard InChI is InChI=1S/C20H13F5N2O2/c1-11-2-7-15(21)17(18(11)22)19(28)27-12-3-5-13(6-4-12)29-16-10-26-9-8-14(16)20(23,24)25/h2-10H,1H3,(H,27,28). The highest BCUT2D eigenvalue weighted by atomic mass is 19.4. The first-order chi connectivity index (χ1) is 13.7. The van der Waals surface area contributed by atoms with Crippen molar-refractivity contribution in [1.29, 1.82) is 0 Å². The lowest BCUT2D eigenvalue weighted by molar-refractivity contribution is -0.138. The Hall–Kier alpha value is -3.49. The minimum absolute atomic E-state index is 0.0504. The van der Waals surface area contributed by atoms with Gasteiger partial charge in [-0.3, -0.25) is 9.78 Å². The molecule has 0 fully saturated rings. The van der Waals surface area contributed by atoms with E-state index in [0.29, 0.717) is 0 Å². The normalized spacial score (nSPS) is 11.2. The Bertz CT molecular complexity index is 1050. The van der Waals surface area contributed by atoms with Gasteiger partial charge in [-0.1, -0.05) is 6.07 Å². The maximum absolute atomic E-state index is 14.0. The summed E-state index contributed by atoms with van der Waals surface area (Å²) >= 11 is 0. The number of nitrogens with one attached hydrogen (secondary N) is 1. The Morgan fingerprint density at radius 2 is 1.72 bits per heavy atom. The number of ether oxygens (including phenoxy) is 1. The van der Waals surface area contributed by atoms with Gasteiger partial charge in [0, 0.05) is 11.9 Å². The number of rotatable bonds is 4. The number of carbonyl (C=O) groups excluding carboxylic acids is 1. The molecule has 1 heterocycles. The number of carbonyl (C=O) groups is 1. The third-order valence-electron chi connectivity index (χ3n) is 3.94. The fraction of sp³-hybridized carbons (Fsp3) is 0.100. The molecule has 2 aromatic carbocycles. The van der Waals surface area contributed by atoms with Crippen LogP contribution >= 0.6 is 0 Å². The quantitative estimate of drug-likeness (QED) is 0.561. The number of hydrogen-bond donors (Lipinski definition) is 1. The second-order valence-electron chi connectivity index (χ2n) is 6.00. The lowest BCUT2D eigenvalue weighted by Gasteiger charge is -2.13. The SMILES string of the molecule is Cc1ccc(F)c(C(=O)Nc2ccc(Oc3cnccc3C(F)(F)F)cc2)c1F. The highest BCUT2D eigenvalue weighted by molar-refractivity contribution is 6.04. The summed E-state index contributed by atoms with van der Waals surface area (Å²) in [5, 5.41) is 2.33. The highest BCUT2D eigenvalue weighted by Gasteiger charge is 2.34. The van der Waals surface area contributed by atoms with Crippen LogP contribution in [0.2, 0.25) is 0 Å². The second-order valence-corrected chi connectivity index (χ2v) is 6.00. The number of aryl methyl sites for hydroxylation is 1. The van der Waals surface area contributed by atoms with Gasteiger partial charge >= 0.3 is 6.18 Å². The molecule has 3 aromatic rings. The molecule has 150 valence electrons. The molecule has 9 heteroatoms. The predicted octanol–water partition coefficient (Wildman–Crippen LogP) is 5.73. The Kier molecular flexibility index (Phi) is 5.49. The first kappa shape index (κ1) is 20.2. The lowest BCUT2D eigenvalue weighted by atomic mass is 10.1. The van der Waals surface area contributed by atoms with Crippen molar-refractivity contribution in [2.75, 3.05) is 5.32 Å². The number of nitrogens with zero attached hydrogens (tertiary/aromatic N) is 1. The molecular formula is C20H13F5N2O2. The number of halogens is 5. The van der Waals surface area contributed by atoms with Gasteiger partial charge in [-0.05, 0) is 48.9 Å². The van der Waals surface area contributed by atoms with Crippen molar-refractivity contribution < 1.29 is 31.5 Å². The first-order valence-corrected chi connectivity index (χ1v) is 8.22. The van der Waals surface area contributed by atoms with Crippen molar-refractivity contribution in [2.45, 2.75) is 13.1 Å². The molecule has 3 rings (SSSR count). The van der Waals surface area contributed by atoms with Crippen LogP contribution in [0.5, 0.6) is 11.5 Å². The maximum Gasteiger partial charge on any atom is 0.420 e. The summed E-state index contributed by atoms with van der Waals surface area (Å²) in [6.07, 6.45) is -2.69. The summed E-state index contributed by atoms with van der Waals surface area (Å²) in [7, 11) is 0. The van der Waals surface area contributed by atoms with Crippen molar-refractivity contribution in [3.63, 3.8) is 0 Å². The minimum Gasteiger partial charge on any atom is -0.455 e. The third-order valence-corrected chi connectivity index (χ3v) is 3.94. The molecule has 1 N–H and O–H groups in total. The van der Waals surface area contributed by atoms with E-state index in [1.165, 1.54) is 37.3 Å². The number of aromatic nitrogens is 1. The van der Waals surface area contributed by atoms with Crippen LogP contribution in [0.25, 0.3) is 0 Å². The average Bonchev–Trinajstić information content (AvgIpc) is 2.66.